The van der Waals surface area contributed by atoms with E-state index in [4.69, 9.17) is 9.47 Å². The van der Waals surface area contributed by atoms with E-state index in [1.165, 1.54) is 0 Å². The van der Waals surface area contributed by atoms with Crippen LogP contribution in [0.1, 0.15) is 29.7 Å². The van der Waals surface area contributed by atoms with Gasteiger partial charge in [-0.25, -0.2) is 4.79 Å². The molecule has 1 N–H and O–H groups in total. The Morgan fingerprint density at radius 1 is 0.960 bits per heavy atom. The van der Waals surface area contributed by atoms with Gasteiger partial charge in [0.1, 0.15) is 5.75 Å². The van der Waals surface area contributed by atoms with Gasteiger partial charge in [-0.2, -0.15) is 0 Å². The molecular weight excluding hydrogens is 318 g/mol. The van der Waals surface area contributed by atoms with Crippen molar-refractivity contribution in [1.82, 2.24) is 5.32 Å². The Balaban J connectivity index is 1.75. The van der Waals surface area contributed by atoms with Gasteiger partial charge in [-0.1, -0.05) is 48.5 Å². The fraction of sp³-hybridized carbons (Fsp3) is 0.300. The third kappa shape index (κ3) is 5.64. The Kier molecular flexibility index (Phi) is 6.57. The summed E-state index contributed by atoms with van der Waals surface area (Å²) in [6, 6.07) is 15.2. The number of nitrogens with one attached hydrogen (secondary N) is 1. The molecule has 0 fully saturated rings. The highest BCUT2D eigenvalue weighted by Gasteiger charge is 2.13. The van der Waals surface area contributed by atoms with Crippen molar-refractivity contribution in [3.05, 3.63) is 65.2 Å². The average Bonchev–Trinajstić information content (AvgIpc) is 2.60. The average molecular weight is 341 g/mol. The van der Waals surface area contributed by atoms with Crippen molar-refractivity contribution in [1.29, 1.82) is 0 Å². The summed E-state index contributed by atoms with van der Waals surface area (Å²) < 4.78 is 10.5. The molecule has 0 radical (unpaired) electrons. The number of carbonyl (C=O) groups excluding carboxylic acids is 2. The number of amides is 1. The van der Waals surface area contributed by atoms with Gasteiger partial charge in [-0.15, -0.1) is 0 Å². The van der Waals surface area contributed by atoms with Crippen molar-refractivity contribution >= 4 is 11.9 Å². The fourth-order valence-corrected chi connectivity index (χ4v) is 2.45. The standard InChI is InChI=1S/C20H23NO4/c1-14-8-7-9-15(2)20(14)25-13-19(23)24-12-18(22)21-16(3)17-10-5-4-6-11-17/h4-11,16H,12-13H2,1-3H3,(H,21,22)/t16-/m1/s1. The zero-order chi connectivity index (χ0) is 18.2. The number of esters is 1. The minimum absolute atomic E-state index is 0.154. The first-order valence-corrected chi connectivity index (χ1v) is 8.16. The lowest BCUT2D eigenvalue weighted by atomic mass is 10.1. The van der Waals surface area contributed by atoms with Crippen LogP contribution in [0.2, 0.25) is 0 Å². The van der Waals surface area contributed by atoms with E-state index in [-0.39, 0.29) is 25.2 Å². The minimum Gasteiger partial charge on any atom is -0.481 e. The predicted molar refractivity (Wildman–Crippen MR) is 95.4 cm³/mol. The molecule has 1 atom stereocenters. The Hall–Kier alpha value is -2.82. The lowest BCUT2D eigenvalue weighted by Gasteiger charge is -2.14. The fourth-order valence-electron chi connectivity index (χ4n) is 2.45. The van der Waals surface area contributed by atoms with E-state index in [1.807, 2.05) is 69.3 Å². The maximum absolute atomic E-state index is 11.9. The first-order chi connectivity index (χ1) is 12.0. The summed E-state index contributed by atoms with van der Waals surface area (Å²) in [7, 11) is 0. The van der Waals surface area contributed by atoms with Crippen LogP contribution in [-0.2, 0) is 14.3 Å². The van der Waals surface area contributed by atoms with Crippen LogP contribution in [0.5, 0.6) is 5.75 Å². The summed E-state index contributed by atoms with van der Waals surface area (Å²) in [6.45, 7) is 5.14. The largest absolute Gasteiger partial charge is 0.481 e. The number of hydrogen-bond acceptors (Lipinski definition) is 4. The maximum Gasteiger partial charge on any atom is 0.344 e. The molecule has 25 heavy (non-hydrogen) atoms. The van der Waals surface area contributed by atoms with Gasteiger partial charge in [0.2, 0.25) is 0 Å². The maximum atomic E-state index is 11.9. The second-order valence-corrected chi connectivity index (χ2v) is 5.87. The number of carbonyl (C=O) groups is 2. The summed E-state index contributed by atoms with van der Waals surface area (Å²) in [5.74, 6) is -0.261. The lowest BCUT2D eigenvalue weighted by molar-refractivity contribution is -0.150. The van der Waals surface area contributed by atoms with Crippen molar-refractivity contribution in [2.45, 2.75) is 26.8 Å². The molecule has 1 amide bonds. The zero-order valence-corrected chi connectivity index (χ0v) is 14.7. The molecule has 132 valence electrons. The smallest absolute Gasteiger partial charge is 0.344 e. The number of benzene rings is 2. The third-order valence-corrected chi connectivity index (χ3v) is 3.78. The third-order valence-electron chi connectivity index (χ3n) is 3.78. The van der Waals surface area contributed by atoms with Crippen molar-refractivity contribution in [3.63, 3.8) is 0 Å². The highest BCUT2D eigenvalue weighted by molar-refractivity contribution is 5.81. The number of aryl methyl sites for hydroxylation is 2. The van der Waals surface area contributed by atoms with E-state index >= 15 is 0 Å². The van der Waals surface area contributed by atoms with Gasteiger partial charge in [0, 0.05) is 0 Å². The molecule has 0 aliphatic heterocycles. The summed E-state index contributed by atoms with van der Waals surface area (Å²) in [4.78, 5) is 23.7. The van der Waals surface area contributed by atoms with Crippen LogP contribution in [-0.4, -0.2) is 25.1 Å². The van der Waals surface area contributed by atoms with Gasteiger partial charge < -0.3 is 14.8 Å². The van der Waals surface area contributed by atoms with Crippen LogP contribution in [0, 0.1) is 13.8 Å². The van der Waals surface area contributed by atoms with E-state index in [1.54, 1.807) is 0 Å². The van der Waals surface area contributed by atoms with Gasteiger partial charge in [0.05, 0.1) is 6.04 Å². The molecule has 5 nitrogen and oxygen atoms in total. The van der Waals surface area contributed by atoms with Crippen molar-refractivity contribution in [3.8, 4) is 5.75 Å². The normalized spacial score (nSPS) is 11.5. The number of para-hydroxylation sites is 1. The van der Waals surface area contributed by atoms with Gasteiger partial charge in [-0.05, 0) is 37.5 Å². The topological polar surface area (TPSA) is 64.6 Å². The summed E-state index contributed by atoms with van der Waals surface area (Å²) in [6.07, 6.45) is 0. The van der Waals surface area contributed by atoms with Crippen LogP contribution in [0.3, 0.4) is 0 Å². The molecule has 2 aromatic carbocycles. The molecular formula is C20H23NO4. The number of ether oxygens (including phenoxy) is 2. The van der Waals surface area contributed by atoms with Crippen LogP contribution >= 0.6 is 0 Å². The van der Waals surface area contributed by atoms with Crippen molar-refractivity contribution in [2.75, 3.05) is 13.2 Å². The molecule has 2 rings (SSSR count). The number of hydrogen-bond donors (Lipinski definition) is 1. The quantitative estimate of drug-likeness (QED) is 0.786. The Bertz CT molecular complexity index is 707. The number of rotatable bonds is 7. The molecule has 0 spiro atoms. The van der Waals surface area contributed by atoms with Crippen LogP contribution in [0.15, 0.2) is 48.5 Å². The second-order valence-electron chi connectivity index (χ2n) is 5.87. The van der Waals surface area contributed by atoms with Gasteiger partial charge >= 0.3 is 5.97 Å². The molecule has 0 saturated heterocycles. The van der Waals surface area contributed by atoms with Crippen LogP contribution < -0.4 is 10.1 Å². The first-order valence-electron chi connectivity index (χ1n) is 8.16. The van der Waals surface area contributed by atoms with E-state index in [0.29, 0.717) is 5.75 Å². The summed E-state index contributed by atoms with van der Waals surface area (Å²) in [5.41, 5.74) is 2.88. The monoisotopic (exact) mass is 341 g/mol. The minimum atomic E-state index is -0.579. The Morgan fingerprint density at radius 3 is 2.24 bits per heavy atom. The summed E-state index contributed by atoms with van der Waals surface area (Å²) in [5, 5.41) is 2.79. The summed E-state index contributed by atoms with van der Waals surface area (Å²) >= 11 is 0. The van der Waals surface area contributed by atoms with Crippen LogP contribution in [0.25, 0.3) is 0 Å². The zero-order valence-electron chi connectivity index (χ0n) is 14.7. The van der Waals surface area contributed by atoms with E-state index < -0.39 is 5.97 Å². The molecule has 0 aliphatic carbocycles. The molecule has 0 unspecified atom stereocenters. The molecule has 0 saturated carbocycles. The molecule has 0 aromatic heterocycles. The van der Waals surface area contributed by atoms with Gasteiger partial charge in [0.25, 0.3) is 5.91 Å². The first kappa shape index (κ1) is 18.5. The Morgan fingerprint density at radius 2 is 1.60 bits per heavy atom. The highest BCUT2D eigenvalue weighted by Crippen LogP contribution is 2.22. The van der Waals surface area contributed by atoms with E-state index in [2.05, 4.69) is 5.32 Å². The van der Waals surface area contributed by atoms with Gasteiger partial charge in [0.15, 0.2) is 13.2 Å². The highest BCUT2D eigenvalue weighted by atomic mass is 16.6. The molecule has 0 bridgehead atoms. The molecule has 0 heterocycles. The van der Waals surface area contributed by atoms with Gasteiger partial charge in [-0.3, -0.25) is 4.79 Å². The van der Waals surface area contributed by atoms with Crippen molar-refractivity contribution < 1.29 is 19.1 Å². The SMILES string of the molecule is Cc1cccc(C)c1OCC(=O)OCC(=O)N[C@H](C)c1ccccc1. The van der Waals surface area contributed by atoms with Crippen LogP contribution in [0.4, 0.5) is 0 Å². The molecule has 0 aliphatic rings. The lowest BCUT2D eigenvalue weighted by Crippen LogP contribution is -2.32. The Labute approximate surface area is 148 Å². The predicted octanol–water partition coefficient (Wildman–Crippen LogP) is 3.10. The second kappa shape index (κ2) is 8.87. The molecule has 2 aromatic rings. The molecule has 5 heteroatoms. The van der Waals surface area contributed by atoms with E-state index in [0.717, 1.165) is 16.7 Å². The van der Waals surface area contributed by atoms with E-state index in [9.17, 15) is 9.59 Å². The van der Waals surface area contributed by atoms with Crippen molar-refractivity contribution in [2.24, 2.45) is 0 Å².